The van der Waals surface area contributed by atoms with E-state index in [4.69, 9.17) is 16.6 Å². The van der Waals surface area contributed by atoms with Crippen LogP contribution < -0.4 is 10.6 Å². The molecule has 0 unspecified atom stereocenters. The van der Waals surface area contributed by atoms with Gasteiger partial charge in [0.05, 0.1) is 17.4 Å². The zero-order valence-corrected chi connectivity index (χ0v) is 21.4. The molecule has 2 aromatic carbocycles. The van der Waals surface area contributed by atoms with Gasteiger partial charge in [0.1, 0.15) is 23.4 Å². The highest BCUT2D eigenvalue weighted by Crippen LogP contribution is 2.40. The molecule has 36 heavy (non-hydrogen) atoms. The Morgan fingerprint density at radius 1 is 1.08 bits per heavy atom. The van der Waals surface area contributed by atoms with E-state index in [0.717, 1.165) is 21.5 Å². The number of pyridine rings is 1. The number of nitrogens with one attached hydrogen (secondary N) is 2. The van der Waals surface area contributed by atoms with Gasteiger partial charge in [-0.1, -0.05) is 46.3 Å². The normalized spacial score (nSPS) is 17.2. The number of anilines is 1. The smallest absolute Gasteiger partial charge is 0.226 e. The maximum atomic E-state index is 14.0. The monoisotopic (exact) mass is 564 g/mol. The van der Waals surface area contributed by atoms with E-state index in [1.54, 1.807) is 18.3 Å². The Morgan fingerprint density at radius 2 is 1.86 bits per heavy atom. The fourth-order valence-electron chi connectivity index (χ4n) is 4.23. The summed E-state index contributed by atoms with van der Waals surface area (Å²) in [6.07, 6.45) is 1.85. The van der Waals surface area contributed by atoms with Crippen molar-refractivity contribution in [3.8, 4) is 11.3 Å². The van der Waals surface area contributed by atoms with Crippen molar-refractivity contribution in [1.29, 1.82) is 0 Å². The predicted octanol–water partition coefficient (Wildman–Crippen LogP) is 6.24. The third kappa shape index (κ3) is 5.17. The second-order valence-corrected chi connectivity index (χ2v) is 9.61. The van der Waals surface area contributed by atoms with Crippen molar-refractivity contribution in [2.75, 3.05) is 11.9 Å². The number of aromatic nitrogens is 1. The van der Waals surface area contributed by atoms with Crippen molar-refractivity contribution < 1.29 is 13.6 Å². The van der Waals surface area contributed by atoms with Crippen molar-refractivity contribution in [3.63, 3.8) is 0 Å². The van der Waals surface area contributed by atoms with E-state index < -0.39 is 5.82 Å². The number of rotatable bonds is 7. The first kappa shape index (κ1) is 24.1. The van der Waals surface area contributed by atoms with Gasteiger partial charge in [-0.2, -0.15) is 0 Å². The number of para-hydroxylation sites is 1. The largest absolute Gasteiger partial charge is 0.459 e. The molecule has 6 nitrogen and oxygen atoms in total. The first-order valence-corrected chi connectivity index (χ1v) is 12.6. The summed E-state index contributed by atoms with van der Waals surface area (Å²) in [5.74, 6) is 0.643. The second-order valence-electron chi connectivity index (χ2n) is 8.31. The van der Waals surface area contributed by atoms with Crippen molar-refractivity contribution in [2.24, 2.45) is 0 Å². The molecule has 3 heterocycles. The quantitative estimate of drug-likeness (QED) is 0.259. The molecule has 0 saturated carbocycles. The Kier molecular flexibility index (Phi) is 7.11. The molecule has 5 rings (SSSR count). The fraction of sp³-hybridized carbons (Fsp3) is 0.148. The van der Waals surface area contributed by atoms with Gasteiger partial charge in [-0.05, 0) is 60.7 Å². The van der Waals surface area contributed by atoms with Gasteiger partial charge < -0.3 is 20.0 Å². The lowest BCUT2D eigenvalue weighted by molar-refractivity contribution is -0.116. The highest BCUT2D eigenvalue weighted by Gasteiger charge is 2.41. The van der Waals surface area contributed by atoms with Gasteiger partial charge in [0.25, 0.3) is 0 Å². The Bertz CT molecular complexity index is 1380. The van der Waals surface area contributed by atoms with Crippen LogP contribution in [0.4, 0.5) is 10.1 Å². The summed E-state index contributed by atoms with van der Waals surface area (Å²) in [5, 5.41) is 6.47. The molecule has 9 heteroatoms. The molecule has 0 aliphatic carbocycles. The molecule has 1 saturated heterocycles. The molecule has 1 amide bonds. The maximum Gasteiger partial charge on any atom is 0.226 e. The molecule has 4 aromatic rings. The van der Waals surface area contributed by atoms with Crippen molar-refractivity contribution in [2.45, 2.75) is 18.5 Å². The van der Waals surface area contributed by atoms with Crippen LogP contribution in [-0.2, 0) is 4.79 Å². The number of furan rings is 1. The standard InChI is InChI=1S/C27H22BrFN4O2S/c28-18-10-8-17(9-11-18)22-12-13-23(35-22)26-25(21-7-3-4-15-30-21)32-27(36)33(26)16-14-24(34)31-20-6-2-1-5-19(20)29/h1-13,15,25-26H,14,16H2,(H,31,34)(H,32,36)/t25-,26-/m0/s1. The predicted molar refractivity (Wildman–Crippen MR) is 144 cm³/mol. The molecule has 1 fully saturated rings. The van der Waals surface area contributed by atoms with Crippen LogP contribution in [0.3, 0.4) is 0 Å². The fourth-order valence-corrected chi connectivity index (χ4v) is 4.83. The number of carbonyl (C=O) groups excluding carboxylic acids is 1. The minimum atomic E-state index is -0.478. The molecular formula is C27H22BrFN4O2S. The van der Waals surface area contributed by atoms with Gasteiger partial charge in [0.15, 0.2) is 5.11 Å². The first-order valence-electron chi connectivity index (χ1n) is 11.4. The third-order valence-corrected chi connectivity index (χ3v) is 6.85. The molecule has 2 atom stereocenters. The van der Waals surface area contributed by atoms with Gasteiger partial charge in [-0.15, -0.1) is 0 Å². The number of hydrogen-bond acceptors (Lipinski definition) is 4. The van der Waals surface area contributed by atoms with E-state index in [1.807, 2.05) is 59.5 Å². The topological polar surface area (TPSA) is 70.4 Å². The van der Waals surface area contributed by atoms with Gasteiger partial charge in [-0.25, -0.2) is 4.39 Å². The lowest BCUT2D eigenvalue weighted by Crippen LogP contribution is -2.32. The molecule has 0 spiro atoms. The van der Waals surface area contributed by atoms with Crippen LogP contribution in [-0.4, -0.2) is 27.4 Å². The summed E-state index contributed by atoms with van der Waals surface area (Å²) in [7, 11) is 0. The van der Waals surface area contributed by atoms with Crippen LogP contribution in [0.15, 0.2) is 93.9 Å². The number of thiocarbonyl (C=S) groups is 1. The summed E-state index contributed by atoms with van der Waals surface area (Å²) in [6, 6.07) is 22.9. The Labute approximate surface area is 221 Å². The van der Waals surface area contributed by atoms with Crippen LogP contribution in [0.1, 0.15) is 30.0 Å². The van der Waals surface area contributed by atoms with Crippen LogP contribution in [0.5, 0.6) is 0 Å². The molecule has 2 aromatic heterocycles. The molecule has 1 aliphatic heterocycles. The van der Waals surface area contributed by atoms with E-state index >= 15 is 0 Å². The number of amides is 1. The van der Waals surface area contributed by atoms with Crippen molar-refractivity contribution >= 4 is 44.9 Å². The summed E-state index contributed by atoms with van der Waals surface area (Å²) in [5.41, 5.74) is 1.91. The third-order valence-electron chi connectivity index (χ3n) is 5.97. The number of benzene rings is 2. The van der Waals surface area contributed by atoms with Crippen molar-refractivity contribution in [3.05, 3.63) is 107 Å². The SMILES string of the molecule is O=C(CCN1C(=S)N[C@@H](c2ccccn2)[C@@H]1c1ccc(-c2ccc(Br)cc2)o1)Nc1ccccc1F. The number of nitrogens with zero attached hydrogens (tertiary/aromatic N) is 2. The molecular weight excluding hydrogens is 543 g/mol. The summed E-state index contributed by atoms with van der Waals surface area (Å²) >= 11 is 9.12. The lowest BCUT2D eigenvalue weighted by atomic mass is 10.0. The van der Waals surface area contributed by atoms with E-state index in [2.05, 4.69) is 31.5 Å². The minimum Gasteiger partial charge on any atom is -0.459 e. The van der Waals surface area contributed by atoms with Crippen LogP contribution in [0, 0.1) is 5.82 Å². The van der Waals surface area contributed by atoms with Gasteiger partial charge in [0, 0.05) is 29.2 Å². The van der Waals surface area contributed by atoms with Crippen LogP contribution in [0.2, 0.25) is 0 Å². The number of carbonyl (C=O) groups is 1. The molecule has 0 bridgehead atoms. The lowest BCUT2D eigenvalue weighted by Gasteiger charge is -2.25. The molecule has 0 radical (unpaired) electrons. The Morgan fingerprint density at radius 3 is 2.61 bits per heavy atom. The van der Waals surface area contributed by atoms with E-state index in [1.165, 1.54) is 12.1 Å². The molecule has 1 aliphatic rings. The zero-order valence-electron chi connectivity index (χ0n) is 19.0. The van der Waals surface area contributed by atoms with Gasteiger partial charge in [0.2, 0.25) is 5.91 Å². The van der Waals surface area contributed by atoms with E-state index in [9.17, 15) is 9.18 Å². The zero-order chi connectivity index (χ0) is 25.1. The van der Waals surface area contributed by atoms with E-state index in [0.29, 0.717) is 17.4 Å². The second kappa shape index (κ2) is 10.6. The molecule has 2 N–H and O–H groups in total. The van der Waals surface area contributed by atoms with Gasteiger partial charge >= 0.3 is 0 Å². The van der Waals surface area contributed by atoms with Crippen LogP contribution in [0.25, 0.3) is 11.3 Å². The summed E-state index contributed by atoms with van der Waals surface area (Å²) in [6.45, 7) is 0.314. The number of halogens is 2. The average molecular weight is 565 g/mol. The Balaban J connectivity index is 1.40. The minimum absolute atomic E-state index is 0.113. The average Bonchev–Trinajstić information content (AvgIpc) is 3.50. The van der Waals surface area contributed by atoms with Crippen molar-refractivity contribution in [1.82, 2.24) is 15.2 Å². The highest BCUT2D eigenvalue weighted by molar-refractivity contribution is 9.10. The highest BCUT2D eigenvalue weighted by atomic mass is 79.9. The van der Waals surface area contributed by atoms with E-state index in [-0.39, 0.29) is 30.1 Å². The Hall–Kier alpha value is -3.56. The number of hydrogen-bond donors (Lipinski definition) is 2. The summed E-state index contributed by atoms with van der Waals surface area (Å²) < 4.78 is 21.3. The first-order chi connectivity index (χ1) is 17.5. The molecule has 182 valence electrons. The van der Waals surface area contributed by atoms with Crippen LogP contribution >= 0.6 is 28.1 Å². The maximum absolute atomic E-state index is 14.0. The summed E-state index contributed by atoms with van der Waals surface area (Å²) in [4.78, 5) is 19.1. The van der Waals surface area contributed by atoms with Gasteiger partial charge in [-0.3, -0.25) is 9.78 Å².